The summed E-state index contributed by atoms with van der Waals surface area (Å²) in [6.07, 6.45) is 1.87. The van der Waals surface area contributed by atoms with E-state index in [0.717, 1.165) is 25.9 Å². The van der Waals surface area contributed by atoms with E-state index in [1.807, 2.05) is 6.07 Å². The van der Waals surface area contributed by atoms with Gasteiger partial charge in [0.25, 0.3) is 0 Å². The normalized spacial score (nSPS) is 18.6. The van der Waals surface area contributed by atoms with Gasteiger partial charge in [0.1, 0.15) is 0 Å². The lowest BCUT2D eigenvalue weighted by Crippen LogP contribution is -2.31. The fourth-order valence-corrected chi connectivity index (χ4v) is 4.83. The monoisotopic (exact) mass is 353 g/mol. The first-order chi connectivity index (χ1) is 13.3. The second-order valence-electron chi connectivity index (χ2n) is 7.61. The number of amides is 1. The summed E-state index contributed by atoms with van der Waals surface area (Å²) >= 11 is 0. The number of hydrogen-bond donors (Lipinski definition) is 0. The van der Waals surface area contributed by atoms with Gasteiger partial charge in [0.2, 0.25) is 5.91 Å². The van der Waals surface area contributed by atoms with E-state index >= 15 is 0 Å². The van der Waals surface area contributed by atoms with Crippen LogP contribution in [0.5, 0.6) is 0 Å². The molecule has 1 heterocycles. The van der Waals surface area contributed by atoms with Crippen LogP contribution in [0.15, 0.2) is 78.9 Å². The Hall–Kier alpha value is -2.87. The first-order valence-corrected chi connectivity index (χ1v) is 9.84. The number of benzene rings is 3. The summed E-state index contributed by atoms with van der Waals surface area (Å²) < 4.78 is 0. The summed E-state index contributed by atoms with van der Waals surface area (Å²) in [4.78, 5) is 15.3. The molecule has 3 aromatic rings. The zero-order chi connectivity index (χ0) is 18.2. The highest BCUT2D eigenvalue weighted by atomic mass is 16.2. The van der Waals surface area contributed by atoms with Crippen LogP contribution in [-0.4, -0.2) is 23.9 Å². The van der Waals surface area contributed by atoms with E-state index in [1.54, 1.807) is 0 Å². The molecule has 2 aliphatic rings. The molecule has 2 heteroatoms. The third kappa shape index (κ3) is 2.76. The quantitative estimate of drug-likeness (QED) is 0.654. The van der Waals surface area contributed by atoms with Crippen molar-refractivity contribution < 1.29 is 4.79 Å². The first kappa shape index (κ1) is 16.3. The van der Waals surface area contributed by atoms with Gasteiger partial charge in [-0.3, -0.25) is 4.79 Å². The molecule has 0 bridgehead atoms. The SMILES string of the molecule is O=C1C(C2c3ccccc3-c3ccccc32)CCN1CCc1ccccc1. The Kier molecular flexibility index (Phi) is 4.05. The van der Waals surface area contributed by atoms with E-state index in [9.17, 15) is 4.79 Å². The minimum atomic E-state index is 0.0607. The Balaban J connectivity index is 1.40. The van der Waals surface area contributed by atoms with Gasteiger partial charge in [-0.15, -0.1) is 0 Å². The molecule has 0 radical (unpaired) electrons. The Bertz CT molecular complexity index is 933. The first-order valence-electron chi connectivity index (χ1n) is 9.84. The van der Waals surface area contributed by atoms with Crippen molar-refractivity contribution in [1.29, 1.82) is 0 Å². The molecular formula is C25H23NO. The summed E-state index contributed by atoms with van der Waals surface area (Å²) in [5.41, 5.74) is 6.54. The van der Waals surface area contributed by atoms with E-state index in [4.69, 9.17) is 0 Å². The molecular weight excluding hydrogens is 330 g/mol. The fourth-order valence-electron chi connectivity index (χ4n) is 4.83. The minimum Gasteiger partial charge on any atom is -0.342 e. The van der Waals surface area contributed by atoms with Gasteiger partial charge in [0, 0.05) is 19.0 Å². The summed E-state index contributed by atoms with van der Waals surface area (Å²) in [5, 5.41) is 0. The van der Waals surface area contributed by atoms with Crippen LogP contribution in [0.25, 0.3) is 11.1 Å². The molecule has 3 aromatic carbocycles. The number of likely N-dealkylation sites (tertiary alicyclic amines) is 1. The Morgan fingerprint density at radius 1 is 0.778 bits per heavy atom. The maximum absolute atomic E-state index is 13.3. The average Bonchev–Trinajstić information content (AvgIpc) is 3.25. The third-order valence-electron chi connectivity index (χ3n) is 6.14. The van der Waals surface area contributed by atoms with Gasteiger partial charge in [-0.05, 0) is 40.7 Å². The highest BCUT2D eigenvalue weighted by Gasteiger charge is 2.42. The molecule has 0 spiro atoms. The standard InChI is InChI=1S/C25H23NO/c27-25-23(15-17-26(25)16-14-18-8-2-1-3-9-18)24-21-12-6-4-10-19(21)20-11-5-7-13-22(20)24/h1-13,23-24H,14-17H2. The lowest BCUT2D eigenvalue weighted by molar-refractivity contribution is -0.131. The second kappa shape index (κ2) is 6.70. The number of carbonyl (C=O) groups is 1. The van der Waals surface area contributed by atoms with Crippen molar-refractivity contribution in [3.05, 3.63) is 95.6 Å². The second-order valence-corrected chi connectivity index (χ2v) is 7.61. The Labute approximate surface area is 160 Å². The van der Waals surface area contributed by atoms with E-state index in [-0.39, 0.29) is 11.8 Å². The van der Waals surface area contributed by atoms with Crippen molar-refractivity contribution >= 4 is 5.91 Å². The minimum absolute atomic E-state index is 0.0607. The molecule has 5 rings (SSSR count). The zero-order valence-electron chi connectivity index (χ0n) is 15.3. The molecule has 1 aliphatic carbocycles. The van der Waals surface area contributed by atoms with Crippen LogP contribution in [0.2, 0.25) is 0 Å². The van der Waals surface area contributed by atoms with E-state index in [2.05, 4.69) is 77.7 Å². The van der Waals surface area contributed by atoms with Crippen molar-refractivity contribution in [1.82, 2.24) is 4.90 Å². The molecule has 1 aliphatic heterocycles. The lowest BCUT2D eigenvalue weighted by Gasteiger charge is -2.21. The summed E-state index contributed by atoms with van der Waals surface area (Å²) in [6.45, 7) is 1.69. The van der Waals surface area contributed by atoms with Crippen LogP contribution in [0, 0.1) is 5.92 Å². The van der Waals surface area contributed by atoms with Gasteiger partial charge in [-0.25, -0.2) is 0 Å². The van der Waals surface area contributed by atoms with Crippen molar-refractivity contribution in [2.24, 2.45) is 5.92 Å². The van der Waals surface area contributed by atoms with Crippen LogP contribution >= 0.6 is 0 Å². The molecule has 134 valence electrons. The number of nitrogens with zero attached hydrogens (tertiary/aromatic N) is 1. The topological polar surface area (TPSA) is 20.3 Å². The molecule has 1 atom stereocenters. The lowest BCUT2D eigenvalue weighted by atomic mass is 9.83. The molecule has 0 N–H and O–H groups in total. The van der Waals surface area contributed by atoms with Crippen molar-refractivity contribution in [3.8, 4) is 11.1 Å². The number of rotatable bonds is 4. The number of hydrogen-bond acceptors (Lipinski definition) is 1. The third-order valence-corrected chi connectivity index (χ3v) is 6.14. The molecule has 1 fully saturated rings. The van der Waals surface area contributed by atoms with Gasteiger partial charge in [0.05, 0.1) is 5.92 Å². The fraction of sp³-hybridized carbons (Fsp3) is 0.240. The number of carbonyl (C=O) groups excluding carboxylic acids is 1. The zero-order valence-corrected chi connectivity index (χ0v) is 15.3. The average molecular weight is 353 g/mol. The van der Waals surface area contributed by atoms with E-state index < -0.39 is 0 Å². The molecule has 0 aromatic heterocycles. The number of fused-ring (bicyclic) bond motifs is 3. The van der Waals surface area contributed by atoms with Gasteiger partial charge in [-0.2, -0.15) is 0 Å². The van der Waals surface area contributed by atoms with Crippen LogP contribution < -0.4 is 0 Å². The van der Waals surface area contributed by atoms with Gasteiger partial charge in [0.15, 0.2) is 0 Å². The van der Waals surface area contributed by atoms with Gasteiger partial charge >= 0.3 is 0 Å². The van der Waals surface area contributed by atoms with Crippen molar-refractivity contribution in [3.63, 3.8) is 0 Å². The largest absolute Gasteiger partial charge is 0.342 e. The Morgan fingerprint density at radius 3 is 2.04 bits per heavy atom. The molecule has 2 nitrogen and oxygen atoms in total. The van der Waals surface area contributed by atoms with E-state index in [0.29, 0.717) is 5.91 Å². The van der Waals surface area contributed by atoms with Crippen LogP contribution in [0.3, 0.4) is 0 Å². The molecule has 0 saturated carbocycles. The van der Waals surface area contributed by atoms with E-state index in [1.165, 1.54) is 27.8 Å². The maximum atomic E-state index is 13.3. The molecule has 1 saturated heterocycles. The van der Waals surface area contributed by atoms with Crippen molar-refractivity contribution in [2.45, 2.75) is 18.8 Å². The highest BCUT2D eigenvalue weighted by molar-refractivity contribution is 5.87. The smallest absolute Gasteiger partial charge is 0.226 e. The van der Waals surface area contributed by atoms with Gasteiger partial charge < -0.3 is 4.90 Å². The predicted octanol–water partition coefficient (Wildman–Crippen LogP) is 4.89. The molecule has 1 amide bonds. The maximum Gasteiger partial charge on any atom is 0.226 e. The molecule has 27 heavy (non-hydrogen) atoms. The Morgan fingerprint density at radius 2 is 1.37 bits per heavy atom. The van der Waals surface area contributed by atoms with Crippen molar-refractivity contribution in [2.75, 3.05) is 13.1 Å². The van der Waals surface area contributed by atoms with Crippen LogP contribution in [0.1, 0.15) is 29.0 Å². The highest BCUT2D eigenvalue weighted by Crippen LogP contribution is 2.50. The molecule has 1 unspecified atom stereocenters. The van der Waals surface area contributed by atoms with Gasteiger partial charge in [-0.1, -0.05) is 78.9 Å². The summed E-state index contributed by atoms with van der Waals surface area (Å²) in [5.74, 6) is 0.583. The summed E-state index contributed by atoms with van der Waals surface area (Å²) in [6, 6.07) is 27.7. The predicted molar refractivity (Wildman–Crippen MR) is 109 cm³/mol. The van der Waals surface area contributed by atoms with Crippen LogP contribution in [-0.2, 0) is 11.2 Å². The summed E-state index contributed by atoms with van der Waals surface area (Å²) in [7, 11) is 0. The van der Waals surface area contributed by atoms with Crippen LogP contribution in [0.4, 0.5) is 0 Å².